The molecule has 2 atom stereocenters. The number of carboxylic acids is 1. The second-order valence-corrected chi connectivity index (χ2v) is 14.6. The molecule has 0 saturated heterocycles. The molecule has 1 rings (SSSR count). The van der Waals surface area contributed by atoms with Crippen molar-refractivity contribution in [3.8, 4) is 0 Å². The SMILES string of the molecule is CC/C=C\C[C@@H](C/C=C1/C(=O)C=C[C@@H]1C/C=C\CCCC(=O)O)O[Si](C)(C)C(C)(C)C. The van der Waals surface area contributed by atoms with Crippen LogP contribution in [0, 0.1) is 5.92 Å². The number of allylic oxidation sites excluding steroid dienone is 6. The van der Waals surface area contributed by atoms with Crippen LogP contribution in [0.5, 0.6) is 0 Å². The van der Waals surface area contributed by atoms with E-state index in [0.717, 1.165) is 37.7 Å². The Hall–Kier alpha value is -1.72. The number of rotatable bonds is 13. The molecule has 0 spiro atoms. The molecular weight excluding hydrogens is 404 g/mol. The minimum atomic E-state index is -1.90. The highest BCUT2D eigenvalue weighted by atomic mass is 28.4. The minimum Gasteiger partial charge on any atom is -0.481 e. The van der Waals surface area contributed by atoms with Crippen molar-refractivity contribution in [2.24, 2.45) is 5.92 Å². The fraction of sp³-hybridized carbons (Fsp3) is 0.615. The standard InChI is InChI=1S/C26H42O4Si/c1-7-8-11-15-22(30-31(5,6)26(2,3)4)18-19-23-21(17-20-24(23)27)14-12-9-10-13-16-25(28)29/h8-9,11-12,17,19-22H,7,10,13-16,18H2,1-6H3,(H,28,29)/b11-8-,12-9-,23-19+/t21-,22-/m0/s1. The summed E-state index contributed by atoms with van der Waals surface area (Å²) >= 11 is 0. The van der Waals surface area contributed by atoms with Gasteiger partial charge in [0.15, 0.2) is 14.1 Å². The molecule has 0 aromatic rings. The van der Waals surface area contributed by atoms with Gasteiger partial charge in [0.25, 0.3) is 0 Å². The Morgan fingerprint density at radius 2 is 1.90 bits per heavy atom. The highest BCUT2D eigenvalue weighted by Crippen LogP contribution is 2.38. The Morgan fingerprint density at radius 3 is 2.52 bits per heavy atom. The van der Waals surface area contributed by atoms with E-state index in [1.165, 1.54) is 0 Å². The van der Waals surface area contributed by atoms with E-state index in [4.69, 9.17) is 9.53 Å². The number of hydrogen-bond acceptors (Lipinski definition) is 3. The summed E-state index contributed by atoms with van der Waals surface area (Å²) in [6.07, 6.45) is 19.3. The molecule has 0 aromatic carbocycles. The third-order valence-electron chi connectivity index (χ3n) is 6.15. The summed E-state index contributed by atoms with van der Waals surface area (Å²) in [4.78, 5) is 23.0. The van der Waals surface area contributed by atoms with Gasteiger partial charge in [-0.3, -0.25) is 9.59 Å². The Labute approximate surface area is 190 Å². The van der Waals surface area contributed by atoms with Crippen molar-refractivity contribution in [2.75, 3.05) is 0 Å². The van der Waals surface area contributed by atoms with Crippen LogP contribution in [0.2, 0.25) is 18.1 Å². The Kier molecular flexibility index (Phi) is 11.4. The van der Waals surface area contributed by atoms with Crippen LogP contribution in [0.3, 0.4) is 0 Å². The summed E-state index contributed by atoms with van der Waals surface area (Å²) in [5, 5.41) is 8.85. The lowest BCUT2D eigenvalue weighted by Gasteiger charge is -2.39. The van der Waals surface area contributed by atoms with Gasteiger partial charge in [0.05, 0.1) is 6.10 Å². The zero-order chi connectivity index (χ0) is 23.5. The molecule has 0 aliphatic heterocycles. The number of carbonyl (C=O) groups is 2. The number of ketones is 1. The van der Waals surface area contributed by atoms with E-state index in [1.807, 2.05) is 12.2 Å². The van der Waals surface area contributed by atoms with Gasteiger partial charge < -0.3 is 9.53 Å². The lowest BCUT2D eigenvalue weighted by Crippen LogP contribution is -2.43. The molecule has 0 radical (unpaired) electrons. The third kappa shape index (κ3) is 9.96. The summed E-state index contributed by atoms with van der Waals surface area (Å²) in [5.41, 5.74) is 0.860. The molecule has 31 heavy (non-hydrogen) atoms. The number of carboxylic acid groups (broad SMARTS) is 1. The summed E-state index contributed by atoms with van der Waals surface area (Å²) in [7, 11) is -1.90. The molecule has 1 aliphatic carbocycles. The topological polar surface area (TPSA) is 63.6 Å². The smallest absolute Gasteiger partial charge is 0.303 e. The number of aliphatic carboxylic acids is 1. The summed E-state index contributed by atoms with van der Waals surface area (Å²) in [6, 6.07) is 0. The molecule has 5 heteroatoms. The molecule has 0 aromatic heterocycles. The molecule has 0 saturated carbocycles. The molecule has 1 N–H and O–H groups in total. The fourth-order valence-electron chi connectivity index (χ4n) is 3.23. The van der Waals surface area contributed by atoms with Crippen LogP contribution in [-0.2, 0) is 14.0 Å². The van der Waals surface area contributed by atoms with E-state index in [9.17, 15) is 9.59 Å². The number of unbranched alkanes of at least 4 members (excludes halogenated alkanes) is 1. The highest BCUT2D eigenvalue weighted by molar-refractivity contribution is 6.74. The van der Waals surface area contributed by atoms with Crippen molar-refractivity contribution < 1.29 is 19.1 Å². The normalized spacial score (nSPS) is 19.9. The molecule has 0 fully saturated rings. The van der Waals surface area contributed by atoms with Gasteiger partial charge >= 0.3 is 5.97 Å². The van der Waals surface area contributed by atoms with E-state index in [-0.39, 0.29) is 29.3 Å². The monoisotopic (exact) mass is 446 g/mol. The minimum absolute atomic E-state index is 0.0804. The van der Waals surface area contributed by atoms with Crippen LogP contribution in [0.1, 0.15) is 72.6 Å². The van der Waals surface area contributed by atoms with Gasteiger partial charge in [-0.2, -0.15) is 0 Å². The fourth-order valence-corrected chi connectivity index (χ4v) is 4.61. The summed E-state index contributed by atoms with van der Waals surface area (Å²) in [5.74, 6) is -0.562. The average Bonchev–Trinajstić information content (AvgIpc) is 3.01. The van der Waals surface area contributed by atoms with E-state index in [2.05, 4.69) is 65.1 Å². The zero-order valence-electron chi connectivity index (χ0n) is 20.3. The van der Waals surface area contributed by atoms with Crippen molar-refractivity contribution in [3.05, 3.63) is 48.1 Å². The predicted octanol–water partition coefficient (Wildman–Crippen LogP) is 7.01. The highest BCUT2D eigenvalue weighted by Gasteiger charge is 2.38. The summed E-state index contributed by atoms with van der Waals surface area (Å²) < 4.78 is 6.67. The van der Waals surface area contributed by atoms with E-state index < -0.39 is 14.3 Å². The summed E-state index contributed by atoms with van der Waals surface area (Å²) in [6.45, 7) is 13.4. The molecule has 0 bridgehead atoms. The Morgan fingerprint density at radius 1 is 1.19 bits per heavy atom. The first-order valence-electron chi connectivity index (χ1n) is 11.6. The predicted molar refractivity (Wildman–Crippen MR) is 132 cm³/mol. The van der Waals surface area contributed by atoms with Crippen LogP contribution in [-0.4, -0.2) is 31.3 Å². The van der Waals surface area contributed by atoms with E-state index >= 15 is 0 Å². The van der Waals surface area contributed by atoms with Gasteiger partial charge in [0.2, 0.25) is 0 Å². The van der Waals surface area contributed by atoms with Gasteiger partial charge in [-0.25, -0.2) is 0 Å². The lowest BCUT2D eigenvalue weighted by molar-refractivity contribution is -0.137. The Bertz CT molecular complexity index is 707. The second-order valence-electron chi connectivity index (χ2n) is 9.83. The van der Waals surface area contributed by atoms with Crippen molar-refractivity contribution in [1.82, 2.24) is 0 Å². The van der Waals surface area contributed by atoms with Crippen LogP contribution in [0.25, 0.3) is 0 Å². The number of hydrogen-bond donors (Lipinski definition) is 1. The maximum Gasteiger partial charge on any atom is 0.303 e. The maximum absolute atomic E-state index is 12.4. The average molecular weight is 447 g/mol. The molecule has 0 amide bonds. The van der Waals surface area contributed by atoms with Gasteiger partial charge in [-0.15, -0.1) is 0 Å². The Balaban J connectivity index is 2.79. The molecule has 4 nitrogen and oxygen atoms in total. The quantitative estimate of drug-likeness (QED) is 0.143. The molecule has 174 valence electrons. The molecular formula is C26H42O4Si. The van der Waals surface area contributed by atoms with E-state index in [1.54, 1.807) is 6.08 Å². The largest absolute Gasteiger partial charge is 0.481 e. The maximum atomic E-state index is 12.4. The third-order valence-corrected chi connectivity index (χ3v) is 10.7. The van der Waals surface area contributed by atoms with Gasteiger partial charge in [-0.05, 0) is 62.7 Å². The van der Waals surface area contributed by atoms with E-state index in [0.29, 0.717) is 6.42 Å². The second kappa shape index (κ2) is 13.0. The van der Waals surface area contributed by atoms with Crippen molar-refractivity contribution in [1.29, 1.82) is 0 Å². The van der Waals surface area contributed by atoms with Gasteiger partial charge in [0.1, 0.15) is 0 Å². The zero-order valence-corrected chi connectivity index (χ0v) is 21.3. The first-order valence-corrected chi connectivity index (χ1v) is 14.5. The van der Waals surface area contributed by atoms with Crippen LogP contribution in [0.15, 0.2) is 48.1 Å². The van der Waals surface area contributed by atoms with Crippen molar-refractivity contribution in [3.63, 3.8) is 0 Å². The first-order chi connectivity index (χ1) is 14.5. The van der Waals surface area contributed by atoms with Crippen LogP contribution < -0.4 is 0 Å². The molecule has 1 aliphatic rings. The van der Waals surface area contributed by atoms with Crippen LogP contribution >= 0.6 is 0 Å². The van der Waals surface area contributed by atoms with Gasteiger partial charge in [0, 0.05) is 17.9 Å². The number of carbonyl (C=O) groups excluding carboxylic acids is 1. The first kappa shape index (κ1) is 27.3. The molecule has 0 heterocycles. The van der Waals surface area contributed by atoms with Gasteiger partial charge in [-0.1, -0.05) is 64.2 Å². The lowest BCUT2D eigenvalue weighted by atomic mass is 9.96. The van der Waals surface area contributed by atoms with Crippen molar-refractivity contribution >= 4 is 20.1 Å². The van der Waals surface area contributed by atoms with Crippen LogP contribution in [0.4, 0.5) is 0 Å². The molecule has 0 unspecified atom stereocenters. The van der Waals surface area contributed by atoms with Crippen molar-refractivity contribution in [2.45, 2.75) is 96.9 Å².